The second kappa shape index (κ2) is 8.95. The van der Waals surface area contributed by atoms with Gasteiger partial charge in [-0.1, -0.05) is 30.3 Å². The third kappa shape index (κ3) is 5.04. The minimum atomic E-state index is -0.753. The third-order valence-corrected chi connectivity index (χ3v) is 5.00. The smallest absolute Gasteiger partial charge is 0.308 e. The summed E-state index contributed by atoms with van der Waals surface area (Å²) in [5.41, 5.74) is 1.12. The number of rotatable bonds is 6. The molecule has 0 aromatic heterocycles. The standard InChI is InChI=1S/C20H28O6/c1-22-18(21)12-16-11-17(24-14-15-7-4-3-5-8-15)13-20(25-16)10-6-9-19(23-2)26-20/h3-5,7-8,16-17,19H,6,9-14H2,1-2H3/t16-,17-,19-,20+/m1/s1. The Kier molecular flexibility index (Phi) is 6.64. The van der Waals surface area contributed by atoms with Gasteiger partial charge in [0, 0.05) is 26.4 Å². The van der Waals surface area contributed by atoms with Crippen LogP contribution in [0.25, 0.3) is 0 Å². The molecule has 6 nitrogen and oxygen atoms in total. The van der Waals surface area contributed by atoms with Gasteiger partial charge in [-0.2, -0.15) is 0 Å². The van der Waals surface area contributed by atoms with Crippen LogP contribution in [-0.4, -0.2) is 44.5 Å². The highest BCUT2D eigenvalue weighted by molar-refractivity contribution is 5.69. The van der Waals surface area contributed by atoms with Gasteiger partial charge in [-0.05, 0) is 18.4 Å². The van der Waals surface area contributed by atoms with E-state index in [4.69, 9.17) is 23.7 Å². The van der Waals surface area contributed by atoms with Crippen molar-refractivity contribution in [1.29, 1.82) is 0 Å². The summed E-state index contributed by atoms with van der Waals surface area (Å²) in [6, 6.07) is 10.1. The highest BCUT2D eigenvalue weighted by atomic mass is 16.8. The lowest BCUT2D eigenvalue weighted by molar-refractivity contribution is -0.363. The van der Waals surface area contributed by atoms with Crippen LogP contribution in [0.4, 0.5) is 0 Å². The lowest BCUT2D eigenvalue weighted by Crippen LogP contribution is -2.53. The number of methoxy groups -OCH3 is 2. The van der Waals surface area contributed by atoms with Crippen LogP contribution in [0.2, 0.25) is 0 Å². The fourth-order valence-electron chi connectivity index (χ4n) is 3.73. The second-order valence-corrected chi connectivity index (χ2v) is 6.96. The lowest BCUT2D eigenvalue weighted by atomic mass is 9.91. The maximum atomic E-state index is 11.7. The molecule has 2 saturated heterocycles. The Bertz CT molecular complexity index is 577. The van der Waals surface area contributed by atoms with Crippen LogP contribution >= 0.6 is 0 Å². The average Bonchev–Trinajstić information content (AvgIpc) is 2.66. The number of hydrogen-bond acceptors (Lipinski definition) is 6. The molecule has 4 atom stereocenters. The van der Waals surface area contributed by atoms with Gasteiger partial charge in [-0.3, -0.25) is 4.79 Å². The van der Waals surface area contributed by atoms with Gasteiger partial charge in [0.25, 0.3) is 0 Å². The molecule has 2 heterocycles. The van der Waals surface area contributed by atoms with Gasteiger partial charge in [-0.25, -0.2) is 0 Å². The van der Waals surface area contributed by atoms with E-state index in [-0.39, 0.29) is 30.9 Å². The fraction of sp³-hybridized carbons (Fsp3) is 0.650. The van der Waals surface area contributed by atoms with Crippen molar-refractivity contribution in [1.82, 2.24) is 0 Å². The van der Waals surface area contributed by atoms with E-state index in [2.05, 4.69) is 0 Å². The first-order chi connectivity index (χ1) is 12.6. The zero-order valence-electron chi connectivity index (χ0n) is 15.5. The SMILES string of the molecule is COC(=O)C[C@H]1C[C@@H](OCc2ccccc2)C[C@@]2(CCC[C@H](OC)O2)O1. The van der Waals surface area contributed by atoms with E-state index in [1.807, 2.05) is 30.3 Å². The van der Waals surface area contributed by atoms with Gasteiger partial charge in [-0.15, -0.1) is 0 Å². The summed E-state index contributed by atoms with van der Waals surface area (Å²) in [5.74, 6) is -1.04. The van der Waals surface area contributed by atoms with Gasteiger partial charge >= 0.3 is 5.97 Å². The molecule has 0 amide bonds. The van der Waals surface area contributed by atoms with Crippen molar-refractivity contribution in [3.05, 3.63) is 35.9 Å². The van der Waals surface area contributed by atoms with Crippen molar-refractivity contribution in [3.8, 4) is 0 Å². The van der Waals surface area contributed by atoms with Gasteiger partial charge in [0.1, 0.15) is 0 Å². The Labute approximate surface area is 154 Å². The monoisotopic (exact) mass is 364 g/mol. The molecule has 0 N–H and O–H groups in total. The predicted molar refractivity (Wildman–Crippen MR) is 94.2 cm³/mol. The first-order valence-corrected chi connectivity index (χ1v) is 9.23. The largest absolute Gasteiger partial charge is 0.469 e. The molecule has 1 aromatic rings. The molecule has 0 saturated carbocycles. The Morgan fingerprint density at radius 3 is 2.77 bits per heavy atom. The highest BCUT2D eigenvalue weighted by Crippen LogP contribution is 2.41. The number of ether oxygens (including phenoxy) is 5. The molecule has 144 valence electrons. The highest BCUT2D eigenvalue weighted by Gasteiger charge is 2.47. The number of carbonyl (C=O) groups is 1. The first-order valence-electron chi connectivity index (χ1n) is 9.23. The topological polar surface area (TPSA) is 63.2 Å². The molecule has 2 aliphatic rings. The molecular weight excluding hydrogens is 336 g/mol. The summed E-state index contributed by atoms with van der Waals surface area (Å²) in [6.45, 7) is 0.528. The van der Waals surface area contributed by atoms with E-state index in [9.17, 15) is 4.79 Å². The van der Waals surface area contributed by atoms with Crippen molar-refractivity contribution in [2.75, 3.05) is 14.2 Å². The summed E-state index contributed by atoms with van der Waals surface area (Å²) in [7, 11) is 3.03. The molecule has 26 heavy (non-hydrogen) atoms. The van der Waals surface area contributed by atoms with Crippen molar-refractivity contribution in [2.45, 2.75) is 69.4 Å². The Morgan fingerprint density at radius 1 is 1.23 bits per heavy atom. The molecule has 0 radical (unpaired) electrons. The van der Waals surface area contributed by atoms with Crippen LogP contribution in [-0.2, 0) is 35.1 Å². The van der Waals surface area contributed by atoms with Crippen LogP contribution < -0.4 is 0 Å². The van der Waals surface area contributed by atoms with Gasteiger partial charge in [0.05, 0.1) is 32.3 Å². The van der Waals surface area contributed by atoms with Crippen LogP contribution in [0.3, 0.4) is 0 Å². The molecule has 3 rings (SSSR count). The van der Waals surface area contributed by atoms with Crippen LogP contribution in [0.15, 0.2) is 30.3 Å². The average molecular weight is 364 g/mol. The molecule has 2 aliphatic heterocycles. The van der Waals surface area contributed by atoms with Crippen LogP contribution in [0, 0.1) is 0 Å². The maximum Gasteiger partial charge on any atom is 0.308 e. The van der Waals surface area contributed by atoms with Crippen molar-refractivity contribution in [2.24, 2.45) is 0 Å². The number of benzene rings is 1. The quantitative estimate of drug-likeness (QED) is 0.723. The summed E-state index contributed by atoms with van der Waals surface area (Å²) in [4.78, 5) is 11.7. The minimum Gasteiger partial charge on any atom is -0.469 e. The van der Waals surface area contributed by atoms with E-state index in [1.54, 1.807) is 7.11 Å². The van der Waals surface area contributed by atoms with Crippen molar-refractivity contribution in [3.63, 3.8) is 0 Å². The van der Waals surface area contributed by atoms with E-state index in [0.717, 1.165) is 24.8 Å². The predicted octanol–water partition coefficient (Wildman–Crippen LogP) is 3.18. The van der Waals surface area contributed by atoms with Gasteiger partial charge in [0.2, 0.25) is 0 Å². The molecule has 0 aliphatic carbocycles. The van der Waals surface area contributed by atoms with Crippen LogP contribution in [0.1, 0.15) is 44.1 Å². The Hall–Kier alpha value is -1.47. The van der Waals surface area contributed by atoms with Crippen LogP contribution in [0.5, 0.6) is 0 Å². The summed E-state index contributed by atoms with van der Waals surface area (Å²) >= 11 is 0. The van der Waals surface area contributed by atoms with Gasteiger partial charge < -0.3 is 23.7 Å². The molecule has 6 heteroatoms. The number of hydrogen-bond donors (Lipinski definition) is 0. The van der Waals surface area contributed by atoms with E-state index in [1.165, 1.54) is 7.11 Å². The molecule has 2 fully saturated rings. The summed E-state index contributed by atoms with van der Waals surface area (Å²) in [5, 5.41) is 0. The van der Waals surface area contributed by atoms with Crippen molar-refractivity contribution < 1.29 is 28.5 Å². The normalized spacial score (nSPS) is 31.7. The fourth-order valence-corrected chi connectivity index (χ4v) is 3.73. The van der Waals surface area contributed by atoms with Crippen molar-refractivity contribution >= 4 is 5.97 Å². The zero-order valence-corrected chi connectivity index (χ0v) is 15.5. The number of esters is 1. The van der Waals surface area contributed by atoms with E-state index >= 15 is 0 Å². The molecular formula is C20H28O6. The summed E-state index contributed by atoms with van der Waals surface area (Å²) < 4.78 is 28.7. The maximum absolute atomic E-state index is 11.7. The molecule has 1 aromatic carbocycles. The third-order valence-electron chi connectivity index (χ3n) is 5.00. The second-order valence-electron chi connectivity index (χ2n) is 6.96. The first kappa shape index (κ1) is 19.3. The van der Waals surface area contributed by atoms with E-state index in [0.29, 0.717) is 19.4 Å². The van der Waals surface area contributed by atoms with E-state index < -0.39 is 5.79 Å². The Morgan fingerprint density at radius 2 is 2.04 bits per heavy atom. The molecule has 0 bridgehead atoms. The molecule has 1 spiro atoms. The Balaban J connectivity index is 1.68. The zero-order chi connectivity index (χ0) is 18.4. The lowest BCUT2D eigenvalue weighted by Gasteiger charge is -2.47. The summed E-state index contributed by atoms with van der Waals surface area (Å²) in [6.07, 6.45) is 3.44. The minimum absolute atomic E-state index is 0.0470. The van der Waals surface area contributed by atoms with Gasteiger partial charge in [0.15, 0.2) is 12.1 Å². The number of carbonyl (C=O) groups excluding carboxylic acids is 1. The molecule has 0 unspecified atom stereocenters.